The first-order valence-electron chi connectivity index (χ1n) is 21.4. The number of carbonyl (C=O) groups is 1. The van der Waals surface area contributed by atoms with Crippen molar-refractivity contribution in [3.63, 3.8) is 0 Å². The van der Waals surface area contributed by atoms with Crippen LogP contribution in [-0.2, 0) is 36.4 Å². The van der Waals surface area contributed by atoms with Gasteiger partial charge in [0.05, 0.1) is 30.1 Å². The van der Waals surface area contributed by atoms with Crippen LogP contribution < -0.4 is 17.0 Å². The van der Waals surface area contributed by atoms with Crippen molar-refractivity contribution in [3.05, 3.63) is 80.3 Å². The number of carbonyl (C=O) groups excluding carboxylic acids is 1. The maximum atomic E-state index is 13.1. The minimum Gasteiger partial charge on any atom is -1.00 e. The first-order chi connectivity index (χ1) is 32.5. The van der Waals surface area contributed by atoms with Crippen LogP contribution in [0.4, 0.5) is 30.7 Å². The summed E-state index contributed by atoms with van der Waals surface area (Å²) in [7, 11) is 0.826. The third-order valence-corrected chi connectivity index (χ3v) is 15.6. The van der Waals surface area contributed by atoms with E-state index in [1.807, 2.05) is 34.7 Å². The third kappa shape index (κ3) is 19.0. The molecule has 0 unspecified atom stereocenters. The number of hydrogen-bond acceptors (Lipinski definition) is 10. The smallest absolute Gasteiger partial charge is 0.401 e. The second-order valence-corrected chi connectivity index (χ2v) is 26.1. The average molecular weight is 1310 g/mol. The molecule has 3 N–H and O–H groups in total. The number of ether oxygens (including phenoxy) is 2. The molecule has 4 aromatic rings. The highest BCUT2D eigenvalue weighted by atomic mass is 79.9. The fourth-order valence-corrected chi connectivity index (χ4v) is 12.1. The fraction of sp³-hybridized carbons (Fsp3) is 0.605. The van der Waals surface area contributed by atoms with E-state index in [1.165, 1.54) is 77.2 Å². The summed E-state index contributed by atoms with van der Waals surface area (Å²) < 4.78 is 112. The molecule has 1 aliphatic carbocycles. The number of quaternary nitrogens is 1. The number of alkyl halides is 14. The van der Waals surface area contributed by atoms with E-state index in [1.54, 1.807) is 17.7 Å². The van der Waals surface area contributed by atoms with Gasteiger partial charge in [0.15, 0.2) is 0 Å². The summed E-state index contributed by atoms with van der Waals surface area (Å²) >= 11 is 33.5. The lowest BCUT2D eigenvalue weighted by atomic mass is 9.72. The highest BCUT2D eigenvalue weighted by Gasteiger charge is 2.71. The van der Waals surface area contributed by atoms with Crippen molar-refractivity contribution in [1.29, 1.82) is 0 Å². The van der Waals surface area contributed by atoms with E-state index in [-0.39, 0.29) is 23.1 Å². The molecule has 4 aliphatic heterocycles. The van der Waals surface area contributed by atoms with Gasteiger partial charge in [-0.25, -0.2) is 4.79 Å². The Morgan fingerprint density at radius 2 is 1.39 bits per heavy atom. The predicted octanol–water partition coefficient (Wildman–Crippen LogP) is 10.1. The highest BCUT2D eigenvalue weighted by molar-refractivity contribution is 7.98. The van der Waals surface area contributed by atoms with Gasteiger partial charge in [0.1, 0.15) is 30.4 Å². The summed E-state index contributed by atoms with van der Waals surface area (Å²) in [5.74, 6) is 2.32. The third-order valence-electron chi connectivity index (χ3n) is 12.3. The normalized spacial score (nSPS) is 25.0. The number of benzene rings is 1. The number of thioether (sulfide) groups is 1. The van der Waals surface area contributed by atoms with Crippen LogP contribution in [0.3, 0.4) is 0 Å². The van der Waals surface area contributed by atoms with Crippen LogP contribution in [0, 0.1) is 5.92 Å². The van der Waals surface area contributed by atoms with E-state index in [0.717, 1.165) is 29.2 Å². The van der Waals surface area contributed by atoms with Crippen LogP contribution in [0.5, 0.6) is 0 Å². The number of halogens is 15. The SMILES string of the molecule is CCCN1C[C@H](CSC)C[C@@H]2c3cccc4[nH]cc(c34)C[C@H]21.CS(=O)(=O)O.C[N+]1(C)[C@@H]2C[C@@H](OC(=O)C(O)(c3cccs3)c3cccs3)C[C@H]1[C@@H]1O[C@@H]12.FC(Cl)(Cl)Cl.FC(F)(Cl)C(F)(F)Cl.FC(F)(Cl)Cl.[Br-]. The van der Waals surface area contributed by atoms with Crippen LogP contribution in [0.1, 0.15) is 59.4 Å². The lowest BCUT2D eigenvalue weighted by Crippen LogP contribution is -3.00. The van der Waals surface area contributed by atoms with Crippen LogP contribution >= 0.6 is 116 Å². The molecule has 0 saturated carbocycles. The molecule has 0 amide bonds. The van der Waals surface area contributed by atoms with E-state index in [4.69, 9.17) is 14.0 Å². The van der Waals surface area contributed by atoms with Gasteiger partial charge in [-0.15, -0.1) is 22.7 Å². The summed E-state index contributed by atoms with van der Waals surface area (Å²) in [4.78, 5) is 17.1. The lowest BCUT2D eigenvalue weighted by molar-refractivity contribution is -0.938. The maximum absolute atomic E-state index is 13.1. The minimum atomic E-state index is -4.66. The molecule has 2 bridgehead atoms. The number of aromatic amines is 1. The van der Waals surface area contributed by atoms with Crippen LogP contribution in [0.15, 0.2) is 59.4 Å². The first kappa shape index (κ1) is 66.0. The van der Waals surface area contributed by atoms with Crippen molar-refractivity contribution in [2.24, 2.45) is 5.92 Å². The van der Waals surface area contributed by atoms with Crippen molar-refractivity contribution in [3.8, 4) is 0 Å². The Kier molecular flexibility index (Phi) is 24.4. The van der Waals surface area contributed by atoms with Crippen molar-refractivity contribution in [2.75, 3.05) is 45.4 Å². The van der Waals surface area contributed by atoms with Gasteiger partial charge in [0, 0.05) is 48.4 Å². The van der Waals surface area contributed by atoms with Gasteiger partial charge in [-0.1, -0.05) is 31.2 Å². The number of nitrogens with one attached hydrogen (secondary N) is 1. The number of epoxide rings is 1. The topological polar surface area (TPSA) is 132 Å². The van der Waals surface area contributed by atoms with E-state index in [2.05, 4.69) is 143 Å². The van der Waals surface area contributed by atoms with Crippen LogP contribution in [-0.4, -0.2) is 140 Å². The van der Waals surface area contributed by atoms with Gasteiger partial charge in [-0.3, -0.25) is 9.45 Å². The van der Waals surface area contributed by atoms with E-state index in [0.29, 0.717) is 46.3 Å². The standard InChI is InChI=1S/C19H26N2S.C19H22NO4S2.C2Cl2F4.CCl3F.CCl2F2.CH4O3S.BrH/c1-3-7-21-11-13(12-22-2)8-16-15-5-4-6-17-19(15)14(10-20-17)9-18(16)21;1-20(2)12-9-11(10-13(20)17-16(12)24-17)23-18(21)19(22,14-5-3-7-25-14)15-6-4-8-26-15;3-1(5,6)2(4,7)8;2*2-1(3,4)5;1-5(2,3)4;/h4-6,10,13,16,18,20H,3,7-9,11-12H2,1-2H3;3-8,11-13,16-17,22H,9-10H2,1-2H3;;;;1H3,(H,2,3,4);1H/q;+1;;;;;/p-1/t13-,16-,18-;11-,12-,13+,16-,17+;;;;;/m1....../s1. The lowest BCUT2D eigenvalue weighted by Gasteiger charge is -2.47. The number of morpholine rings is 1. The Bertz CT molecular complexity index is 2340. The number of rotatable bonds is 9. The van der Waals surface area contributed by atoms with Crippen LogP contribution in [0.25, 0.3) is 10.9 Å². The number of hydrogen-bond donors (Lipinski definition) is 3. The molecule has 9 rings (SSSR count). The average Bonchev–Trinajstić information content (AvgIpc) is 3.63. The second kappa shape index (κ2) is 26.6. The molecule has 410 valence electrons. The molecule has 4 saturated heterocycles. The summed E-state index contributed by atoms with van der Waals surface area (Å²) in [6, 6.07) is 15.6. The largest absolute Gasteiger partial charge is 1.00 e. The second-order valence-electron chi connectivity index (χ2n) is 17.6. The molecule has 3 aromatic heterocycles. The molecule has 0 spiro atoms. The highest BCUT2D eigenvalue weighted by Crippen LogP contribution is 2.52. The Morgan fingerprint density at radius 1 is 0.903 bits per heavy atom. The van der Waals surface area contributed by atoms with Gasteiger partial charge in [-0.2, -0.15) is 50.9 Å². The van der Waals surface area contributed by atoms with Gasteiger partial charge in [-0.05, 0) is 165 Å². The Labute approximate surface area is 471 Å². The molecule has 72 heavy (non-hydrogen) atoms. The Morgan fingerprint density at radius 3 is 1.81 bits per heavy atom. The van der Waals surface area contributed by atoms with Crippen molar-refractivity contribution < 1.29 is 84.5 Å². The number of aliphatic hydroxyl groups is 1. The number of likely N-dealkylation sites (tertiary alicyclic amines) is 1. The summed E-state index contributed by atoms with van der Waals surface area (Å²) in [6.45, 7) is 4.87. The maximum Gasteiger partial charge on any atom is 0.401 e. The van der Waals surface area contributed by atoms with Crippen molar-refractivity contribution >= 4 is 143 Å². The Hall–Kier alpha value is -0.250. The zero-order chi connectivity index (χ0) is 53.7. The quantitative estimate of drug-likeness (QED) is 0.0374. The molecule has 29 heteroatoms. The number of nitrogens with zero attached hydrogens (tertiary/aromatic N) is 2. The predicted molar refractivity (Wildman–Crippen MR) is 273 cm³/mol. The number of H-pyrrole nitrogens is 1. The van der Waals surface area contributed by atoms with Crippen molar-refractivity contribution in [2.45, 2.75) is 107 Å². The summed E-state index contributed by atoms with van der Waals surface area (Å²) in [6.07, 6.45) is 11.1. The van der Waals surface area contributed by atoms with E-state index in [9.17, 15) is 49.1 Å². The minimum absolute atomic E-state index is 0. The number of esters is 1. The molecule has 7 heterocycles. The number of thiophene rings is 2. The monoisotopic (exact) mass is 1310 g/mol. The molecular weight excluding hydrogens is 1260 g/mol. The van der Waals surface area contributed by atoms with Crippen LogP contribution in [0.2, 0.25) is 0 Å². The molecule has 1 aromatic carbocycles. The number of piperidine rings is 2. The number of likely N-dealkylation sites (N-methyl/N-ethyl adjacent to an activating group) is 1. The summed E-state index contributed by atoms with van der Waals surface area (Å²) in [5, 5.41) is 7.31. The number of aromatic nitrogens is 1. The van der Waals surface area contributed by atoms with Gasteiger partial charge in [0.25, 0.3) is 10.1 Å². The molecule has 0 radical (unpaired) electrons. The van der Waals surface area contributed by atoms with Gasteiger partial charge in [0.2, 0.25) is 5.60 Å². The molecule has 8 atom stereocenters. The zero-order valence-electron chi connectivity index (χ0n) is 38.7. The molecule has 10 nitrogen and oxygen atoms in total. The van der Waals surface area contributed by atoms with E-state index < -0.39 is 41.3 Å². The van der Waals surface area contributed by atoms with Gasteiger partial charge < -0.3 is 41.0 Å². The van der Waals surface area contributed by atoms with E-state index >= 15 is 0 Å². The first-order valence-corrected chi connectivity index (χ1v) is 29.0. The van der Waals surface area contributed by atoms with Gasteiger partial charge >= 0.3 is 25.6 Å². The molecule has 4 fully saturated rings. The Balaban J connectivity index is 0.000000267. The zero-order valence-corrected chi connectivity index (χ0v) is 48.8. The van der Waals surface area contributed by atoms with Crippen molar-refractivity contribution in [1.82, 2.24) is 9.88 Å². The fourth-order valence-electron chi connectivity index (χ4n) is 9.63. The molecule has 5 aliphatic rings. The molecular formula is C43H52BrCl7F7N3O7S4. The summed E-state index contributed by atoms with van der Waals surface area (Å²) in [5.41, 5.74) is 2.76. The number of fused-ring (bicyclic) bond motifs is 7.